The number of carbonyl (C=O) groups is 2. The summed E-state index contributed by atoms with van der Waals surface area (Å²) in [5.41, 5.74) is -0.531. The van der Waals surface area contributed by atoms with Crippen LogP contribution in [0.3, 0.4) is 0 Å². The van der Waals surface area contributed by atoms with Gasteiger partial charge in [0, 0.05) is 13.2 Å². The summed E-state index contributed by atoms with van der Waals surface area (Å²) in [5.74, 6) is -0.865. The zero-order chi connectivity index (χ0) is 15.0. The molecule has 3 N–H and O–H groups in total. The highest BCUT2D eigenvalue weighted by atomic mass is 16.5. The van der Waals surface area contributed by atoms with Crippen molar-refractivity contribution < 1.29 is 19.4 Å². The molecule has 6 nitrogen and oxygen atoms in total. The fourth-order valence-corrected chi connectivity index (χ4v) is 2.27. The summed E-state index contributed by atoms with van der Waals surface area (Å²) in [5, 5.41) is 14.4. The highest BCUT2D eigenvalue weighted by Crippen LogP contribution is 2.34. The molecular weight excluding hydrogens is 260 g/mol. The summed E-state index contributed by atoms with van der Waals surface area (Å²) in [6.45, 7) is 5.26. The van der Waals surface area contributed by atoms with Crippen molar-refractivity contribution in [1.29, 1.82) is 0 Å². The van der Waals surface area contributed by atoms with Crippen molar-refractivity contribution in [2.45, 2.75) is 64.0 Å². The number of amides is 2. The lowest BCUT2D eigenvalue weighted by Crippen LogP contribution is -2.57. The van der Waals surface area contributed by atoms with Crippen molar-refractivity contribution in [3.05, 3.63) is 0 Å². The Labute approximate surface area is 120 Å². The Kier molecular flexibility index (Phi) is 6.78. The standard InChI is InChI=1S/C14H26N2O4/c1-11(2)20-9-4-3-8-15-13(19)16-14(6-5-7-14)10-12(17)18/h11H,3-10H2,1-2H3,(H,17,18)(H2,15,16,19). The van der Waals surface area contributed by atoms with Crippen LogP contribution in [0.25, 0.3) is 0 Å². The molecule has 2 amide bonds. The van der Waals surface area contributed by atoms with Crippen LogP contribution in [-0.2, 0) is 9.53 Å². The van der Waals surface area contributed by atoms with Crippen molar-refractivity contribution >= 4 is 12.0 Å². The number of rotatable bonds is 9. The van der Waals surface area contributed by atoms with Gasteiger partial charge in [-0.05, 0) is 46.0 Å². The summed E-state index contributed by atoms with van der Waals surface area (Å²) in [6.07, 6.45) is 4.46. The molecule has 1 aliphatic rings. The Morgan fingerprint density at radius 3 is 2.50 bits per heavy atom. The molecule has 0 saturated heterocycles. The molecule has 116 valence electrons. The van der Waals surface area contributed by atoms with Gasteiger partial charge in [0.05, 0.1) is 18.1 Å². The van der Waals surface area contributed by atoms with Gasteiger partial charge in [0.1, 0.15) is 0 Å². The maximum absolute atomic E-state index is 11.7. The van der Waals surface area contributed by atoms with E-state index < -0.39 is 11.5 Å². The van der Waals surface area contributed by atoms with Crippen LogP contribution < -0.4 is 10.6 Å². The minimum Gasteiger partial charge on any atom is -0.481 e. The Hall–Kier alpha value is -1.30. The van der Waals surface area contributed by atoms with Crippen LogP contribution in [0, 0.1) is 0 Å². The molecular formula is C14H26N2O4. The molecule has 1 aliphatic carbocycles. The van der Waals surface area contributed by atoms with Crippen LogP contribution in [0.5, 0.6) is 0 Å². The molecule has 0 aromatic rings. The first-order valence-electron chi connectivity index (χ1n) is 7.33. The average molecular weight is 286 g/mol. The van der Waals surface area contributed by atoms with E-state index in [1.54, 1.807) is 0 Å². The fourth-order valence-electron chi connectivity index (χ4n) is 2.27. The normalized spacial score (nSPS) is 16.6. The molecule has 20 heavy (non-hydrogen) atoms. The van der Waals surface area contributed by atoms with Gasteiger partial charge < -0.3 is 20.5 Å². The molecule has 1 saturated carbocycles. The number of unbranched alkanes of at least 4 members (excludes halogenated alkanes) is 1. The van der Waals surface area contributed by atoms with Gasteiger partial charge in [-0.3, -0.25) is 4.79 Å². The van der Waals surface area contributed by atoms with Crippen molar-refractivity contribution in [3.63, 3.8) is 0 Å². The molecule has 0 aliphatic heterocycles. The average Bonchev–Trinajstić information content (AvgIpc) is 2.29. The number of ether oxygens (including phenoxy) is 1. The van der Waals surface area contributed by atoms with Crippen molar-refractivity contribution in [2.75, 3.05) is 13.2 Å². The van der Waals surface area contributed by atoms with Gasteiger partial charge >= 0.3 is 12.0 Å². The molecule has 1 rings (SSSR count). The van der Waals surface area contributed by atoms with Crippen LogP contribution in [0.2, 0.25) is 0 Å². The third-order valence-electron chi connectivity index (χ3n) is 3.49. The van der Waals surface area contributed by atoms with Gasteiger partial charge in [0.2, 0.25) is 0 Å². The lowest BCUT2D eigenvalue weighted by molar-refractivity contribution is -0.139. The second-order valence-corrected chi connectivity index (χ2v) is 5.71. The number of carboxylic acid groups (broad SMARTS) is 1. The monoisotopic (exact) mass is 286 g/mol. The molecule has 1 fully saturated rings. The first-order valence-corrected chi connectivity index (χ1v) is 7.33. The SMILES string of the molecule is CC(C)OCCCCNC(=O)NC1(CC(=O)O)CCC1. The molecule has 0 spiro atoms. The maximum Gasteiger partial charge on any atom is 0.315 e. The Morgan fingerprint density at radius 1 is 1.30 bits per heavy atom. The van der Waals surface area contributed by atoms with Crippen LogP contribution >= 0.6 is 0 Å². The Bertz CT molecular complexity index is 327. The molecule has 0 radical (unpaired) electrons. The molecule has 6 heteroatoms. The molecule has 0 bridgehead atoms. The quantitative estimate of drug-likeness (QED) is 0.565. The number of carboxylic acids is 1. The predicted molar refractivity (Wildman–Crippen MR) is 75.7 cm³/mol. The van der Waals surface area contributed by atoms with E-state index in [4.69, 9.17) is 9.84 Å². The summed E-state index contributed by atoms with van der Waals surface area (Å²) in [7, 11) is 0. The number of hydrogen-bond acceptors (Lipinski definition) is 3. The number of carbonyl (C=O) groups excluding carboxylic acids is 1. The second-order valence-electron chi connectivity index (χ2n) is 5.71. The first-order chi connectivity index (χ1) is 9.43. The van der Waals surface area contributed by atoms with E-state index in [-0.39, 0.29) is 18.6 Å². The highest BCUT2D eigenvalue weighted by molar-refractivity contribution is 5.77. The lowest BCUT2D eigenvalue weighted by atomic mass is 9.74. The van der Waals surface area contributed by atoms with Gasteiger partial charge in [-0.15, -0.1) is 0 Å². The van der Waals surface area contributed by atoms with Crippen molar-refractivity contribution in [3.8, 4) is 0 Å². The van der Waals surface area contributed by atoms with E-state index in [0.29, 0.717) is 13.2 Å². The van der Waals surface area contributed by atoms with Crippen LogP contribution in [0.4, 0.5) is 4.79 Å². The molecule has 0 unspecified atom stereocenters. The summed E-state index contributed by atoms with van der Waals surface area (Å²) in [4.78, 5) is 22.5. The summed E-state index contributed by atoms with van der Waals surface area (Å²) >= 11 is 0. The van der Waals surface area contributed by atoms with Gasteiger partial charge in [0.15, 0.2) is 0 Å². The Balaban J connectivity index is 2.12. The van der Waals surface area contributed by atoms with Gasteiger partial charge in [-0.2, -0.15) is 0 Å². The number of aliphatic carboxylic acids is 1. The molecule has 0 heterocycles. The van der Waals surface area contributed by atoms with E-state index >= 15 is 0 Å². The first kappa shape index (κ1) is 16.8. The molecule has 0 aromatic heterocycles. The van der Waals surface area contributed by atoms with E-state index in [9.17, 15) is 9.59 Å². The van der Waals surface area contributed by atoms with Crippen LogP contribution in [-0.4, -0.2) is 41.9 Å². The van der Waals surface area contributed by atoms with Crippen LogP contribution in [0.15, 0.2) is 0 Å². The topological polar surface area (TPSA) is 87.7 Å². The second kappa shape index (κ2) is 8.09. The smallest absolute Gasteiger partial charge is 0.315 e. The molecule has 0 atom stereocenters. The van der Waals surface area contributed by atoms with Crippen molar-refractivity contribution in [1.82, 2.24) is 10.6 Å². The van der Waals surface area contributed by atoms with Gasteiger partial charge in [-0.25, -0.2) is 4.79 Å². The fraction of sp³-hybridized carbons (Fsp3) is 0.857. The van der Waals surface area contributed by atoms with E-state index in [0.717, 1.165) is 32.1 Å². The highest BCUT2D eigenvalue weighted by Gasteiger charge is 2.40. The lowest BCUT2D eigenvalue weighted by Gasteiger charge is -2.41. The number of urea groups is 1. The minimum absolute atomic E-state index is 0.00263. The number of nitrogens with one attached hydrogen (secondary N) is 2. The maximum atomic E-state index is 11.7. The summed E-state index contributed by atoms with van der Waals surface area (Å²) < 4.78 is 5.41. The van der Waals surface area contributed by atoms with E-state index in [1.165, 1.54) is 0 Å². The zero-order valence-electron chi connectivity index (χ0n) is 12.4. The van der Waals surface area contributed by atoms with Gasteiger partial charge in [-0.1, -0.05) is 0 Å². The number of hydrogen-bond donors (Lipinski definition) is 3. The zero-order valence-corrected chi connectivity index (χ0v) is 12.4. The van der Waals surface area contributed by atoms with Crippen molar-refractivity contribution in [2.24, 2.45) is 0 Å². The largest absolute Gasteiger partial charge is 0.481 e. The third-order valence-corrected chi connectivity index (χ3v) is 3.49. The summed E-state index contributed by atoms with van der Waals surface area (Å²) in [6, 6.07) is -0.268. The van der Waals surface area contributed by atoms with E-state index in [1.807, 2.05) is 13.8 Å². The Morgan fingerprint density at radius 2 is 2.00 bits per heavy atom. The van der Waals surface area contributed by atoms with Crippen LogP contribution in [0.1, 0.15) is 52.4 Å². The van der Waals surface area contributed by atoms with Gasteiger partial charge in [0.25, 0.3) is 0 Å². The molecule has 0 aromatic carbocycles. The third kappa shape index (κ3) is 6.23. The predicted octanol–water partition coefficient (Wildman–Crippen LogP) is 1.89. The van der Waals surface area contributed by atoms with E-state index in [2.05, 4.69) is 10.6 Å². The minimum atomic E-state index is -0.865.